The van der Waals surface area contributed by atoms with Crippen molar-refractivity contribution in [3.63, 3.8) is 0 Å². The molecule has 4 aromatic rings. The van der Waals surface area contributed by atoms with Crippen LogP contribution in [0.5, 0.6) is 11.5 Å². The van der Waals surface area contributed by atoms with Crippen LogP contribution in [0.15, 0.2) is 66.4 Å². The molecule has 0 atom stereocenters. The molecule has 11 heteroatoms. The van der Waals surface area contributed by atoms with E-state index < -0.39 is 22.5 Å². The van der Waals surface area contributed by atoms with Crippen molar-refractivity contribution in [1.29, 1.82) is 0 Å². The zero-order chi connectivity index (χ0) is 30.3. The van der Waals surface area contributed by atoms with Crippen LogP contribution in [-0.2, 0) is 16.4 Å². The number of fused-ring (bicyclic) bond motifs is 1. The van der Waals surface area contributed by atoms with Crippen LogP contribution in [0, 0.1) is 12.7 Å². The first-order chi connectivity index (χ1) is 20.6. The maximum atomic E-state index is 14.0. The maximum Gasteiger partial charge on any atom is 0.232 e. The molecular weight excluding hydrogens is 574 g/mol. The molecule has 0 spiro atoms. The highest BCUT2D eigenvalue weighted by Gasteiger charge is 2.31. The number of sulfonamides is 1. The third kappa shape index (κ3) is 5.90. The summed E-state index contributed by atoms with van der Waals surface area (Å²) < 4.78 is 61.5. The average molecular weight is 605 g/mol. The SMILES string of the molecule is Cc1cc(Oc2ccccc2F)ccc1-n1ncc(C(=O)C2=Cc3cc(C4CC4)c(NS(=O)(=O)CCCF)cc3C2)c1N. The van der Waals surface area contributed by atoms with Crippen molar-refractivity contribution >= 4 is 33.4 Å². The highest BCUT2D eigenvalue weighted by molar-refractivity contribution is 7.92. The summed E-state index contributed by atoms with van der Waals surface area (Å²) in [5.74, 6) is -0.0614. The maximum absolute atomic E-state index is 14.0. The molecule has 1 fully saturated rings. The Morgan fingerprint density at radius 1 is 1.16 bits per heavy atom. The number of halogens is 2. The Morgan fingerprint density at radius 3 is 2.67 bits per heavy atom. The van der Waals surface area contributed by atoms with Crippen molar-refractivity contribution in [2.75, 3.05) is 22.9 Å². The van der Waals surface area contributed by atoms with Crippen LogP contribution < -0.4 is 15.2 Å². The van der Waals surface area contributed by atoms with E-state index in [1.807, 2.05) is 19.1 Å². The van der Waals surface area contributed by atoms with E-state index in [2.05, 4.69) is 9.82 Å². The minimum Gasteiger partial charge on any atom is -0.454 e. The summed E-state index contributed by atoms with van der Waals surface area (Å²) in [6.07, 6.45) is 5.41. The molecule has 43 heavy (non-hydrogen) atoms. The molecule has 8 nitrogen and oxygen atoms in total. The van der Waals surface area contributed by atoms with Gasteiger partial charge < -0.3 is 10.5 Å². The number of allylic oxidation sites excluding steroid dienone is 1. The molecule has 1 heterocycles. The molecule has 3 N–H and O–H groups in total. The number of benzene rings is 3. The van der Waals surface area contributed by atoms with Crippen molar-refractivity contribution in [3.8, 4) is 17.2 Å². The van der Waals surface area contributed by atoms with Gasteiger partial charge in [0.2, 0.25) is 10.0 Å². The third-order valence-electron chi connectivity index (χ3n) is 7.65. The van der Waals surface area contributed by atoms with E-state index in [1.54, 1.807) is 42.5 Å². The number of alkyl halides is 1. The van der Waals surface area contributed by atoms with Crippen molar-refractivity contribution in [1.82, 2.24) is 9.78 Å². The van der Waals surface area contributed by atoms with Gasteiger partial charge in [0, 0.05) is 12.0 Å². The molecule has 1 saturated carbocycles. The number of carbonyl (C=O) groups is 1. The minimum atomic E-state index is -3.69. The Bertz CT molecular complexity index is 1880. The van der Waals surface area contributed by atoms with E-state index in [-0.39, 0.29) is 41.0 Å². The first-order valence-electron chi connectivity index (χ1n) is 14.0. The summed E-state index contributed by atoms with van der Waals surface area (Å²) in [7, 11) is -3.69. The molecule has 0 aliphatic heterocycles. The number of hydrogen-bond donors (Lipinski definition) is 2. The summed E-state index contributed by atoms with van der Waals surface area (Å²) in [5.41, 5.74) is 11.7. The van der Waals surface area contributed by atoms with Gasteiger partial charge in [0.15, 0.2) is 17.3 Å². The number of nitrogens with two attached hydrogens (primary N) is 1. The monoisotopic (exact) mass is 604 g/mol. The van der Waals surface area contributed by atoms with Gasteiger partial charge in [-0.3, -0.25) is 13.9 Å². The number of carbonyl (C=O) groups excluding carboxylic acids is 1. The van der Waals surface area contributed by atoms with Gasteiger partial charge in [-0.1, -0.05) is 12.1 Å². The van der Waals surface area contributed by atoms with Gasteiger partial charge in [0.1, 0.15) is 11.6 Å². The Balaban J connectivity index is 1.22. The fraction of sp³-hybridized carbons (Fsp3) is 0.250. The molecule has 0 radical (unpaired) electrons. The highest BCUT2D eigenvalue weighted by Crippen LogP contribution is 2.46. The number of aryl methyl sites for hydroxylation is 1. The largest absolute Gasteiger partial charge is 0.454 e. The molecule has 2 aliphatic rings. The fourth-order valence-electron chi connectivity index (χ4n) is 5.32. The normalized spacial score (nSPS) is 14.3. The van der Waals surface area contributed by atoms with Crippen LogP contribution in [0.3, 0.4) is 0 Å². The molecule has 0 saturated heterocycles. The number of ether oxygens (including phenoxy) is 1. The van der Waals surface area contributed by atoms with Gasteiger partial charge in [-0.05, 0) is 103 Å². The van der Waals surface area contributed by atoms with E-state index in [9.17, 15) is 22.0 Å². The lowest BCUT2D eigenvalue weighted by Gasteiger charge is -2.14. The molecule has 3 aromatic carbocycles. The number of aromatic nitrogens is 2. The molecular formula is C32H30F2N4O4S. The Labute approximate surface area is 248 Å². The molecule has 1 aromatic heterocycles. The van der Waals surface area contributed by atoms with E-state index >= 15 is 0 Å². The summed E-state index contributed by atoms with van der Waals surface area (Å²) in [6, 6.07) is 15.0. The third-order valence-corrected chi connectivity index (χ3v) is 9.01. The second-order valence-electron chi connectivity index (χ2n) is 10.9. The Morgan fingerprint density at radius 2 is 1.95 bits per heavy atom. The van der Waals surface area contributed by atoms with Crippen LogP contribution in [0.4, 0.5) is 20.3 Å². The van der Waals surface area contributed by atoms with Crippen molar-refractivity contribution in [3.05, 3.63) is 100 Å². The van der Waals surface area contributed by atoms with Crippen LogP contribution in [0.25, 0.3) is 11.8 Å². The summed E-state index contributed by atoms with van der Waals surface area (Å²) in [4.78, 5) is 13.6. The lowest BCUT2D eigenvalue weighted by molar-refractivity contribution is 0.103. The first kappa shape index (κ1) is 28.6. The predicted octanol–water partition coefficient (Wildman–Crippen LogP) is 6.50. The molecule has 6 rings (SSSR count). The molecule has 0 bridgehead atoms. The number of anilines is 2. The summed E-state index contributed by atoms with van der Waals surface area (Å²) in [5, 5.41) is 4.38. The number of ketones is 1. The minimum absolute atomic E-state index is 0.0700. The molecule has 0 amide bonds. The number of Topliss-reactive ketones (excluding diaryl/α,β-unsaturated/α-hetero) is 1. The van der Waals surface area contributed by atoms with E-state index in [0.717, 1.165) is 35.1 Å². The Hall–Kier alpha value is -4.51. The van der Waals surface area contributed by atoms with Crippen LogP contribution >= 0.6 is 0 Å². The van der Waals surface area contributed by atoms with E-state index in [4.69, 9.17) is 10.5 Å². The second kappa shape index (κ2) is 11.3. The van der Waals surface area contributed by atoms with E-state index in [1.165, 1.54) is 16.9 Å². The lowest BCUT2D eigenvalue weighted by Crippen LogP contribution is -2.18. The van der Waals surface area contributed by atoms with Gasteiger partial charge in [-0.15, -0.1) is 0 Å². The lowest BCUT2D eigenvalue weighted by atomic mass is 10.00. The fourth-order valence-corrected chi connectivity index (χ4v) is 6.42. The average Bonchev–Trinajstić information content (AvgIpc) is 3.63. The van der Waals surface area contributed by atoms with Crippen molar-refractivity contribution in [2.45, 2.75) is 38.5 Å². The Kier molecular flexibility index (Phi) is 7.51. The molecule has 2 aliphatic carbocycles. The van der Waals surface area contributed by atoms with Gasteiger partial charge in [-0.2, -0.15) is 5.10 Å². The molecule has 0 unspecified atom stereocenters. The van der Waals surface area contributed by atoms with E-state index in [0.29, 0.717) is 29.1 Å². The topological polar surface area (TPSA) is 116 Å². The molecule has 222 valence electrons. The summed E-state index contributed by atoms with van der Waals surface area (Å²) in [6.45, 7) is 1.13. The number of hydrogen-bond acceptors (Lipinski definition) is 6. The second-order valence-corrected chi connectivity index (χ2v) is 12.7. The van der Waals surface area contributed by atoms with Gasteiger partial charge in [-0.25, -0.2) is 17.5 Å². The smallest absolute Gasteiger partial charge is 0.232 e. The standard InChI is InChI=1S/C32H30F2N4O4S/c1-19-13-24(42-30-6-3-2-5-27(30)34)9-10-29(19)38-32(35)26(18-36-38)31(39)23-14-21-16-25(20-7-8-20)28(17-22(21)15-23)37-43(40,41)12-4-11-33/h2-3,5-6,9-10,13-14,16-18,20,37H,4,7-8,11-12,15,35H2,1H3. The quantitative estimate of drug-likeness (QED) is 0.189. The summed E-state index contributed by atoms with van der Waals surface area (Å²) >= 11 is 0. The zero-order valence-corrected chi connectivity index (χ0v) is 24.3. The van der Waals surface area contributed by atoms with Gasteiger partial charge in [0.05, 0.1) is 35.6 Å². The zero-order valence-electron chi connectivity index (χ0n) is 23.4. The van der Waals surface area contributed by atoms with Crippen molar-refractivity contribution < 1.29 is 26.7 Å². The number of nitrogens with zero attached hydrogens (tertiary/aromatic N) is 2. The first-order valence-corrected chi connectivity index (χ1v) is 15.6. The number of para-hydroxylation sites is 1. The van der Waals surface area contributed by atoms with Crippen molar-refractivity contribution in [2.24, 2.45) is 0 Å². The van der Waals surface area contributed by atoms with Gasteiger partial charge >= 0.3 is 0 Å². The van der Waals surface area contributed by atoms with Gasteiger partial charge in [0.25, 0.3) is 0 Å². The predicted molar refractivity (Wildman–Crippen MR) is 162 cm³/mol. The number of rotatable bonds is 11. The van der Waals surface area contributed by atoms with Crippen LogP contribution in [0.2, 0.25) is 0 Å². The van der Waals surface area contributed by atoms with Crippen LogP contribution in [-0.4, -0.2) is 36.4 Å². The number of nitrogen functional groups attached to an aromatic ring is 1. The number of nitrogens with one attached hydrogen (secondary N) is 1. The highest BCUT2D eigenvalue weighted by atomic mass is 32.2. The van der Waals surface area contributed by atoms with Crippen LogP contribution in [0.1, 0.15) is 57.8 Å².